The number of carbonyl (C=O) groups is 1. The molecule has 0 bridgehead atoms. The van der Waals surface area contributed by atoms with E-state index in [1.165, 1.54) is 13.2 Å². The number of alkyl halides is 3. The lowest BCUT2D eigenvalue weighted by molar-refractivity contribution is -0.142. The average molecular weight is 440 g/mol. The maximum Gasteiger partial charge on any atom is 0.433 e. The Bertz CT molecular complexity index is 1310. The van der Waals surface area contributed by atoms with Crippen LogP contribution in [-0.2, 0) is 6.18 Å². The molecule has 0 aliphatic heterocycles. The summed E-state index contributed by atoms with van der Waals surface area (Å²) in [6.07, 6.45) is -4.70. The predicted octanol–water partition coefficient (Wildman–Crippen LogP) is 5.29. The summed E-state index contributed by atoms with van der Waals surface area (Å²) in [6, 6.07) is 14.1. The molecule has 4 aromatic rings. The number of methoxy groups -OCH3 is 1. The first-order chi connectivity index (χ1) is 15.2. The molecule has 6 nitrogen and oxygen atoms in total. The molecule has 32 heavy (non-hydrogen) atoms. The highest BCUT2D eigenvalue weighted by molar-refractivity contribution is 6.04. The Hall–Kier alpha value is -3.88. The molecular weight excluding hydrogens is 421 g/mol. The van der Waals surface area contributed by atoms with Gasteiger partial charge in [-0.2, -0.15) is 18.3 Å². The van der Waals surface area contributed by atoms with Gasteiger partial charge in [0, 0.05) is 17.3 Å². The van der Waals surface area contributed by atoms with Gasteiger partial charge in [-0.05, 0) is 55.8 Å². The number of nitrogens with one attached hydrogen (secondary N) is 1. The van der Waals surface area contributed by atoms with Gasteiger partial charge in [0.25, 0.3) is 5.91 Å². The van der Waals surface area contributed by atoms with Gasteiger partial charge >= 0.3 is 6.18 Å². The Kier molecular flexibility index (Phi) is 5.33. The van der Waals surface area contributed by atoms with E-state index in [1.807, 2.05) is 26.0 Å². The number of benzene rings is 2. The Labute approximate surface area is 181 Å². The molecule has 0 atom stereocenters. The van der Waals surface area contributed by atoms with Crippen molar-refractivity contribution in [3.8, 4) is 17.0 Å². The molecule has 164 valence electrons. The molecule has 2 aromatic heterocycles. The van der Waals surface area contributed by atoms with E-state index in [0.717, 1.165) is 17.2 Å². The van der Waals surface area contributed by atoms with Crippen molar-refractivity contribution < 1.29 is 22.7 Å². The Morgan fingerprint density at radius 3 is 2.38 bits per heavy atom. The quantitative estimate of drug-likeness (QED) is 0.468. The molecule has 0 fully saturated rings. The van der Waals surface area contributed by atoms with Gasteiger partial charge in [-0.3, -0.25) is 4.79 Å². The Morgan fingerprint density at radius 2 is 1.75 bits per heavy atom. The minimum Gasteiger partial charge on any atom is -0.497 e. The number of ether oxygens (including phenoxy) is 1. The van der Waals surface area contributed by atoms with E-state index in [0.29, 0.717) is 21.5 Å². The van der Waals surface area contributed by atoms with Crippen LogP contribution in [0, 0.1) is 13.8 Å². The molecule has 9 heteroatoms. The zero-order chi connectivity index (χ0) is 23.0. The van der Waals surface area contributed by atoms with Crippen molar-refractivity contribution in [1.82, 2.24) is 14.6 Å². The van der Waals surface area contributed by atoms with Crippen molar-refractivity contribution in [3.63, 3.8) is 0 Å². The van der Waals surface area contributed by atoms with Gasteiger partial charge in [0.2, 0.25) is 0 Å². The van der Waals surface area contributed by atoms with Crippen LogP contribution in [0.3, 0.4) is 0 Å². The van der Waals surface area contributed by atoms with Gasteiger partial charge < -0.3 is 10.1 Å². The number of fused-ring (bicyclic) bond motifs is 1. The number of nitrogens with zero attached hydrogens (tertiary/aromatic N) is 3. The number of amides is 1. The summed E-state index contributed by atoms with van der Waals surface area (Å²) in [5.41, 5.74) is 1.71. The molecule has 0 unspecified atom stereocenters. The van der Waals surface area contributed by atoms with E-state index in [1.54, 1.807) is 30.3 Å². The first kappa shape index (κ1) is 21.4. The first-order valence-corrected chi connectivity index (χ1v) is 9.67. The highest BCUT2D eigenvalue weighted by Crippen LogP contribution is 2.33. The van der Waals surface area contributed by atoms with Gasteiger partial charge in [0.15, 0.2) is 17.0 Å². The number of aryl methyl sites for hydroxylation is 2. The van der Waals surface area contributed by atoms with Crippen molar-refractivity contribution in [2.45, 2.75) is 20.0 Å². The maximum atomic E-state index is 13.8. The third-order valence-corrected chi connectivity index (χ3v) is 4.97. The van der Waals surface area contributed by atoms with Crippen LogP contribution in [0.5, 0.6) is 5.75 Å². The molecular formula is C23H19F3N4O2. The highest BCUT2D eigenvalue weighted by Gasteiger charge is 2.35. The fourth-order valence-corrected chi connectivity index (χ4v) is 3.34. The number of halogens is 3. The summed E-state index contributed by atoms with van der Waals surface area (Å²) >= 11 is 0. The van der Waals surface area contributed by atoms with Crippen molar-refractivity contribution in [3.05, 3.63) is 77.1 Å². The van der Waals surface area contributed by atoms with Gasteiger partial charge in [-0.1, -0.05) is 17.7 Å². The minimum atomic E-state index is -4.70. The number of rotatable bonds is 4. The van der Waals surface area contributed by atoms with Crippen molar-refractivity contribution in [2.75, 3.05) is 12.4 Å². The second kappa shape index (κ2) is 7.99. The lowest BCUT2D eigenvalue weighted by atomic mass is 10.1. The normalized spacial score (nSPS) is 11.6. The molecule has 1 amide bonds. The Morgan fingerprint density at radius 1 is 1.03 bits per heavy atom. The predicted molar refractivity (Wildman–Crippen MR) is 114 cm³/mol. The number of carbonyl (C=O) groups excluding carboxylic acids is 1. The average Bonchev–Trinajstić information content (AvgIpc) is 3.18. The molecule has 1 N–H and O–H groups in total. The van der Waals surface area contributed by atoms with Gasteiger partial charge in [0.1, 0.15) is 5.75 Å². The van der Waals surface area contributed by atoms with Crippen LogP contribution in [0.25, 0.3) is 16.9 Å². The fraction of sp³-hybridized carbons (Fsp3) is 0.174. The zero-order valence-corrected chi connectivity index (χ0v) is 17.5. The smallest absolute Gasteiger partial charge is 0.433 e. The van der Waals surface area contributed by atoms with Crippen LogP contribution in [0.1, 0.15) is 27.3 Å². The van der Waals surface area contributed by atoms with Crippen molar-refractivity contribution >= 4 is 17.2 Å². The molecule has 0 aliphatic rings. The molecule has 0 radical (unpaired) electrons. The maximum absolute atomic E-state index is 13.8. The topological polar surface area (TPSA) is 68.5 Å². The molecule has 0 spiro atoms. The van der Waals surface area contributed by atoms with Crippen LogP contribution >= 0.6 is 0 Å². The molecule has 4 rings (SSSR count). The van der Waals surface area contributed by atoms with Crippen molar-refractivity contribution in [1.29, 1.82) is 0 Å². The SMILES string of the molecule is COc1ccc(-c2cc(C(F)(F)F)n3nc(C(=O)Nc4ccc(C)cc4C)cc3n2)cc1. The summed E-state index contributed by atoms with van der Waals surface area (Å²) in [5.74, 6) is -0.0536. The van der Waals surface area contributed by atoms with E-state index < -0.39 is 17.8 Å². The van der Waals surface area contributed by atoms with Crippen molar-refractivity contribution in [2.24, 2.45) is 0 Å². The van der Waals surface area contributed by atoms with E-state index >= 15 is 0 Å². The lowest BCUT2D eigenvalue weighted by Crippen LogP contribution is -2.16. The summed E-state index contributed by atoms with van der Waals surface area (Å²) in [7, 11) is 1.50. The van der Waals surface area contributed by atoms with Crippen LogP contribution in [0.4, 0.5) is 18.9 Å². The van der Waals surface area contributed by atoms with Crippen LogP contribution in [0.15, 0.2) is 54.6 Å². The standard InChI is InChI=1S/C23H19F3N4O2/c1-13-4-9-17(14(2)10-13)28-22(31)19-12-21-27-18(15-5-7-16(32-3)8-6-15)11-20(23(24,25)26)30(21)29-19/h4-12H,1-3H3,(H,28,31). The van der Waals surface area contributed by atoms with Crippen LogP contribution in [-0.4, -0.2) is 27.6 Å². The zero-order valence-electron chi connectivity index (χ0n) is 17.5. The number of hydrogen-bond acceptors (Lipinski definition) is 4. The molecule has 0 aliphatic carbocycles. The lowest BCUT2D eigenvalue weighted by Gasteiger charge is -2.11. The van der Waals surface area contributed by atoms with Gasteiger partial charge in [-0.15, -0.1) is 0 Å². The van der Waals surface area contributed by atoms with Crippen LogP contribution < -0.4 is 10.1 Å². The van der Waals surface area contributed by atoms with E-state index in [2.05, 4.69) is 15.4 Å². The monoisotopic (exact) mass is 440 g/mol. The second-order valence-corrected chi connectivity index (χ2v) is 7.32. The molecule has 2 aromatic carbocycles. The summed E-state index contributed by atoms with van der Waals surface area (Å²) < 4.78 is 47.0. The third kappa shape index (κ3) is 4.14. The fourth-order valence-electron chi connectivity index (χ4n) is 3.34. The molecule has 2 heterocycles. The van der Waals surface area contributed by atoms with E-state index in [-0.39, 0.29) is 17.0 Å². The largest absolute Gasteiger partial charge is 0.497 e. The van der Waals surface area contributed by atoms with Crippen LogP contribution in [0.2, 0.25) is 0 Å². The molecule has 0 saturated carbocycles. The summed E-state index contributed by atoms with van der Waals surface area (Å²) in [5, 5.41) is 6.58. The minimum absolute atomic E-state index is 0.0866. The Balaban J connectivity index is 1.76. The number of hydrogen-bond donors (Lipinski definition) is 1. The second-order valence-electron chi connectivity index (χ2n) is 7.32. The first-order valence-electron chi connectivity index (χ1n) is 9.67. The number of aromatic nitrogens is 3. The highest BCUT2D eigenvalue weighted by atomic mass is 19.4. The third-order valence-electron chi connectivity index (χ3n) is 4.97. The van der Waals surface area contributed by atoms with Gasteiger partial charge in [-0.25, -0.2) is 9.50 Å². The number of anilines is 1. The van der Waals surface area contributed by atoms with E-state index in [4.69, 9.17) is 4.74 Å². The van der Waals surface area contributed by atoms with E-state index in [9.17, 15) is 18.0 Å². The molecule has 0 saturated heterocycles. The summed E-state index contributed by atoms with van der Waals surface area (Å²) in [6.45, 7) is 3.75. The summed E-state index contributed by atoms with van der Waals surface area (Å²) in [4.78, 5) is 17.0. The van der Waals surface area contributed by atoms with Gasteiger partial charge in [0.05, 0.1) is 12.8 Å².